The number of nitrogens with one attached hydrogen (secondary N) is 1. The minimum Gasteiger partial charge on any atom is -0.497 e. The van der Waals surface area contributed by atoms with E-state index in [1.54, 1.807) is 23.8 Å². The Morgan fingerprint density at radius 3 is 2.56 bits per heavy atom. The Hall–Kier alpha value is -3.25. The second-order valence-corrected chi connectivity index (χ2v) is 9.14. The van der Waals surface area contributed by atoms with Crippen LogP contribution in [0.15, 0.2) is 71.6 Å². The molecule has 3 aromatic rings. The van der Waals surface area contributed by atoms with Gasteiger partial charge in [0, 0.05) is 22.3 Å². The molecule has 0 aromatic heterocycles. The molecule has 1 heterocycles. The molecule has 164 valence electrons. The second kappa shape index (κ2) is 9.49. The first-order chi connectivity index (χ1) is 15.4. The fourth-order valence-corrected chi connectivity index (χ4v) is 5.12. The molecule has 5 nitrogen and oxygen atoms in total. The molecule has 0 aliphatic carbocycles. The minimum absolute atomic E-state index is 0.0287. The summed E-state index contributed by atoms with van der Waals surface area (Å²) in [5.74, 6) is 0.496. The van der Waals surface area contributed by atoms with Gasteiger partial charge in [-0.2, -0.15) is 0 Å². The third-order valence-corrected chi connectivity index (χ3v) is 6.85. The summed E-state index contributed by atoms with van der Waals surface area (Å²) in [5.41, 5.74) is 4.73. The highest BCUT2D eigenvalue weighted by atomic mass is 32.2. The van der Waals surface area contributed by atoms with Crippen LogP contribution in [0.3, 0.4) is 0 Å². The number of amides is 2. The summed E-state index contributed by atoms with van der Waals surface area (Å²) >= 11 is 1.65. The monoisotopic (exact) mass is 446 g/mol. The van der Waals surface area contributed by atoms with Crippen LogP contribution in [0.2, 0.25) is 0 Å². The van der Waals surface area contributed by atoms with E-state index in [4.69, 9.17) is 4.74 Å². The molecule has 6 heteroatoms. The van der Waals surface area contributed by atoms with Crippen molar-refractivity contribution in [1.82, 2.24) is 0 Å². The minimum atomic E-state index is -0.215. The van der Waals surface area contributed by atoms with Gasteiger partial charge in [0.15, 0.2) is 0 Å². The number of thioether (sulfide) groups is 1. The van der Waals surface area contributed by atoms with Crippen LogP contribution in [0.5, 0.6) is 5.75 Å². The predicted molar refractivity (Wildman–Crippen MR) is 130 cm³/mol. The maximum atomic E-state index is 13.3. The normalized spacial score (nSPS) is 15.7. The number of hydrogen-bond acceptors (Lipinski definition) is 4. The summed E-state index contributed by atoms with van der Waals surface area (Å²) in [6.45, 7) is 3.95. The lowest BCUT2D eigenvalue weighted by Gasteiger charge is -2.22. The Labute approximate surface area is 192 Å². The molecule has 0 fully saturated rings. The molecule has 1 N–H and O–H groups in total. The summed E-state index contributed by atoms with van der Waals surface area (Å²) in [5, 5.41) is 2.92. The summed E-state index contributed by atoms with van der Waals surface area (Å²) in [7, 11) is 1.64. The number of anilines is 2. The molecule has 1 atom stereocenters. The zero-order valence-corrected chi connectivity index (χ0v) is 19.2. The summed E-state index contributed by atoms with van der Waals surface area (Å²) < 4.78 is 5.26. The van der Waals surface area contributed by atoms with E-state index in [9.17, 15) is 9.59 Å². The molecule has 1 aliphatic rings. The number of carbonyl (C=O) groups is 2. The summed E-state index contributed by atoms with van der Waals surface area (Å²) in [6, 6.07) is 21.5. The first-order valence-electron chi connectivity index (χ1n) is 10.5. The van der Waals surface area contributed by atoms with Crippen molar-refractivity contribution in [3.8, 4) is 5.75 Å². The molecule has 4 rings (SSSR count). The molecular formula is C26H26N2O3S. The van der Waals surface area contributed by atoms with Crippen LogP contribution in [-0.2, 0) is 9.59 Å². The van der Waals surface area contributed by atoms with E-state index >= 15 is 0 Å². The number of fused-ring (bicyclic) bond motifs is 1. The standard InChI is InChI=1S/C26H26N2O3S/c1-17-8-13-21(18(2)14-17)27-25(29)16-28-22-6-4-5-7-23(22)32-24(15-26(28)30)19-9-11-20(31-3)12-10-19/h4-14,24H,15-16H2,1-3H3,(H,27,29). The number of hydrogen-bond donors (Lipinski definition) is 1. The highest BCUT2D eigenvalue weighted by Gasteiger charge is 2.30. The van der Waals surface area contributed by atoms with Crippen molar-refractivity contribution in [3.05, 3.63) is 83.4 Å². The molecule has 32 heavy (non-hydrogen) atoms. The van der Waals surface area contributed by atoms with Gasteiger partial charge >= 0.3 is 0 Å². The molecule has 0 saturated carbocycles. The average molecular weight is 447 g/mol. The van der Waals surface area contributed by atoms with Crippen LogP contribution in [0, 0.1) is 13.8 Å². The van der Waals surface area contributed by atoms with E-state index in [1.165, 1.54) is 0 Å². The fourth-order valence-electron chi connectivity index (χ4n) is 3.84. The van der Waals surface area contributed by atoms with Crippen molar-refractivity contribution >= 4 is 35.0 Å². The maximum Gasteiger partial charge on any atom is 0.244 e. The number of aryl methyl sites for hydroxylation is 2. The Morgan fingerprint density at radius 2 is 1.84 bits per heavy atom. The van der Waals surface area contributed by atoms with Gasteiger partial charge in [-0.3, -0.25) is 9.59 Å². The molecule has 0 radical (unpaired) electrons. The maximum absolute atomic E-state index is 13.3. The zero-order chi connectivity index (χ0) is 22.7. The van der Waals surface area contributed by atoms with Gasteiger partial charge in [-0.05, 0) is 55.3 Å². The Balaban J connectivity index is 1.57. The first-order valence-corrected chi connectivity index (χ1v) is 11.4. The molecule has 2 amide bonds. The van der Waals surface area contributed by atoms with Gasteiger partial charge in [-0.15, -0.1) is 11.8 Å². The third-order valence-electron chi connectivity index (χ3n) is 5.53. The number of nitrogens with zero attached hydrogens (tertiary/aromatic N) is 1. The lowest BCUT2D eigenvalue weighted by molar-refractivity contribution is -0.121. The van der Waals surface area contributed by atoms with Crippen molar-refractivity contribution < 1.29 is 14.3 Å². The van der Waals surface area contributed by atoms with Gasteiger partial charge in [-0.1, -0.05) is 42.0 Å². The summed E-state index contributed by atoms with van der Waals surface area (Å²) in [4.78, 5) is 28.8. The van der Waals surface area contributed by atoms with Crippen LogP contribution in [-0.4, -0.2) is 25.5 Å². The number of ether oxygens (including phenoxy) is 1. The smallest absolute Gasteiger partial charge is 0.244 e. The van der Waals surface area contributed by atoms with Crippen molar-refractivity contribution in [1.29, 1.82) is 0 Å². The van der Waals surface area contributed by atoms with Crippen molar-refractivity contribution in [3.63, 3.8) is 0 Å². The van der Waals surface area contributed by atoms with E-state index in [0.29, 0.717) is 6.42 Å². The lowest BCUT2D eigenvalue weighted by Crippen LogP contribution is -2.38. The van der Waals surface area contributed by atoms with Crippen LogP contribution in [0.25, 0.3) is 0 Å². The van der Waals surface area contributed by atoms with Crippen LogP contribution >= 0.6 is 11.8 Å². The molecule has 1 aliphatic heterocycles. The van der Waals surface area contributed by atoms with E-state index in [0.717, 1.165) is 38.7 Å². The quantitative estimate of drug-likeness (QED) is 0.561. The van der Waals surface area contributed by atoms with Gasteiger partial charge in [0.05, 0.1) is 12.8 Å². The fraction of sp³-hybridized carbons (Fsp3) is 0.231. The molecule has 0 saturated heterocycles. The third kappa shape index (κ3) is 4.81. The SMILES string of the molecule is COc1ccc(C2CC(=O)N(CC(=O)Nc3ccc(C)cc3C)c3ccccc3S2)cc1. The first kappa shape index (κ1) is 22.0. The number of carbonyl (C=O) groups excluding carboxylic acids is 2. The van der Waals surface area contributed by atoms with Crippen molar-refractivity contribution in [2.75, 3.05) is 23.9 Å². The van der Waals surface area contributed by atoms with Gasteiger partial charge < -0.3 is 15.0 Å². The van der Waals surface area contributed by atoms with Gasteiger partial charge in [-0.25, -0.2) is 0 Å². The van der Waals surface area contributed by atoms with Crippen molar-refractivity contribution in [2.24, 2.45) is 0 Å². The van der Waals surface area contributed by atoms with E-state index < -0.39 is 0 Å². The number of benzene rings is 3. The van der Waals surface area contributed by atoms with E-state index in [2.05, 4.69) is 5.32 Å². The highest BCUT2D eigenvalue weighted by molar-refractivity contribution is 7.99. The van der Waals surface area contributed by atoms with Gasteiger partial charge in [0.25, 0.3) is 0 Å². The largest absolute Gasteiger partial charge is 0.497 e. The molecule has 3 aromatic carbocycles. The van der Waals surface area contributed by atoms with Crippen LogP contribution < -0.4 is 15.0 Å². The second-order valence-electron chi connectivity index (χ2n) is 7.90. The Morgan fingerprint density at radius 1 is 1.09 bits per heavy atom. The van der Waals surface area contributed by atoms with Crippen LogP contribution in [0.4, 0.5) is 11.4 Å². The van der Waals surface area contributed by atoms with Gasteiger partial charge in [0.1, 0.15) is 12.3 Å². The Bertz CT molecular complexity index is 1140. The molecule has 0 bridgehead atoms. The van der Waals surface area contributed by atoms with Gasteiger partial charge in [0.2, 0.25) is 11.8 Å². The number of para-hydroxylation sites is 1. The number of rotatable bonds is 5. The average Bonchev–Trinajstić information content (AvgIpc) is 2.92. The zero-order valence-electron chi connectivity index (χ0n) is 18.4. The predicted octanol–water partition coefficient (Wildman–Crippen LogP) is 5.52. The molecule has 0 spiro atoms. The highest BCUT2D eigenvalue weighted by Crippen LogP contribution is 2.45. The lowest BCUT2D eigenvalue weighted by atomic mass is 10.1. The Kier molecular flexibility index (Phi) is 6.51. The van der Waals surface area contributed by atoms with Crippen LogP contribution in [0.1, 0.15) is 28.4 Å². The molecule has 1 unspecified atom stereocenters. The van der Waals surface area contributed by atoms with E-state index in [1.807, 2.05) is 80.6 Å². The van der Waals surface area contributed by atoms with E-state index in [-0.39, 0.29) is 23.6 Å². The number of methoxy groups -OCH3 is 1. The van der Waals surface area contributed by atoms with Crippen molar-refractivity contribution in [2.45, 2.75) is 30.4 Å². The molecular weight excluding hydrogens is 420 g/mol. The summed E-state index contributed by atoms with van der Waals surface area (Å²) in [6.07, 6.45) is 0.308. The topological polar surface area (TPSA) is 58.6 Å².